The fraction of sp³-hybridized carbons (Fsp3) is 0.409. The summed E-state index contributed by atoms with van der Waals surface area (Å²) in [5.74, 6) is 0.0998. The molecule has 0 saturated carbocycles. The van der Waals surface area contributed by atoms with E-state index in [1.165, 1.54) is 4.31 Å². The molecule has 0 atom stereocenters. The second kappa shape index (κ2) is 9.52. The van der Waals surface area contributed by atoms with Crippen molar-refractivity contribution in [2.75, 3.05) is 45.8 Å². The smallest absolute Gasteiger partial charge is 0.243 e. The lowest BCUT2D eigenvalue weighted by atomic mass is 10.1. The predicted molar refractivity (Wildman–Crippen MR) is 115 cm³/mol. The Hall–Kier alpha value is -2.22. The Morgan fingerprint density at radius 1 is 0.862 bits per heavy atom. The lowest BCUT2D eigenvalue weighted by molar-refractivity contribution is -0.132. The first-order valence-electron chi connectivity index (χ1n) is 10.1. The Morgan fingerprint density at radius 2 is 1.41 bits per heavy atom. The number of hydrogen-bond acceptors (Lipinski definition) is 4. The molecule has 1 aliphatic rings. The SMILES string of the molecule is CCN(CC)C(=O)CN1CCN(S(=O)(=O)c2ccc(-c3ccccc3)cc2)CC1. The molecule has 0 bridgehead atoms. The second-order valence-corrected chi connectivity index (χ2v) is 9.07. The van der Waals surface area contributed by atoms with Crippen molar-refractivity contribution in [1.29, 1.82) is 0 Å². The Bertz CT molecular complexity index is 902. The lowest BCUT2D eigenvalue weighted by Crippen LogP contribution is -2.51. The van der Waals surface area contributed by atoms with Gasteiger partial charge in [-0.2, -0.15) is 4.31 Å². The first kappa shape index (κ1) is 21.5. The van der Waals surface area contributed by atoms with Crippen molar-refractivity contribution in [3.63, 3.8) is 0 Å². The summed E-state index contributed by atoms with van der Waals surface area (Å²) < 4.78 is 27.5. The summed E-state index contributed by atoms with van der Waals surface area (Å²) in [5, 5.41) is 0. The molecule has 1 amide bonds. The molecule has 29 heavy (non-hydrogen) atoms. The standard InChI is InChI=1S/C22H29N3O3S/c1-3-24(4-2)22(26)18-23-14-16-25(17-15-23)29(27,28)21-12-10-20(11-13-21)19-8-6-5-7-9-19/h5-13H,3-4,14-18H2,1-2H3. The van der Waals surface area contributed by atoms with Crippen molar-refractivity contribution in [2.24, 2.45) is 0 Å². The largest absolute Gasteiger partial charge is 0.342 e. The maximum atomic E-state index is 13.0. The number of carbonyl (C=O) groups excluding carboxylic acids is 1. The summed E-state index contributed by atoms with van der Waals surface area (Å²) in [6.45, 7) is 7.60. The summed E-state index contributed by atoms with van der Waals surface area (Å²) in [5.41, 5.74) is 2.05. The van der Waals surface area contributed by atoms with Crippen LogP contribution in [-0.4, -0.2) is 74.2 Å². The van der Waals surface area contributed by atoms with Gasteiger partial charge in [0.05, 0.1) is 11.4 Å². The van der Waals surface area contributed by atoms with E-state index in [1.54, 1.807) is 17.0 Å². The molecule has 1 fully saturated rings. The molecular weight excluding hydrogens is 386 g/mol. The maximum absolute atomic E-state index is 13.0. The molecule has 2 aromatic carbocycles. The molecule has 0 aromatic heterocycles. The average molecular weight is 416 g/mol. The number of amides is 1. The molecule has 6 nitrogen and oxygen atoms in total. The number of piperazine rings is 1. The minimum absolute atomic E-state index is 0.0998. The molecule has 0 spiro atoms. The topological polar surface area (TPSA) is 60.9 Å². The van der Waals surface area contributed by atoms with Crippen molar-refractivity contribution >= 4 is 15.9 Å². The fourth-order valence-electron chi connectivity index (χ4n) is 3.59. The molecule has 0 aliphatic carbocycles. The van der Waals surface area contributed by atoms with Crippen LogP contribution < -0.4 is 0 Å². The zero-order chi connectivity index (χ0) is 20.9. The summed E-state index contributed by atoms with van der Waals surface area (Å²) in [4.78, 5) is 16.4. The van der Waals surface area contributed by atoms with Crippen LogP contribution in [0.5, 0.6) is 0 Å². The van der Waals surface area contributed by atoms with Gasteiger partial charge in [0.1, 0.15) is 0 Å². The van der Waals surface area contributed by atoms with Gasteiger partial charge in [0.25, 0.3) is 0 Å². The van der Waals surface area contributed by atoms with Gasteiger partial charge in [-0.05, 0) is 37.1 Å². The highest BCUT2D eigenvalue weighted by molar-refractivity contribution is 7.89. The molecule has 7 heteroatoms. The van der Waals surface area contributed by atoms with E-state index >= 15 is 0 Å². The minimum atomic E-state index is -3.53. The van der Waals surface area contributed by atoms with E-state index in [0.29, 0.717) is 50.7 Å². The summed E-state index contributed by atoms with van der Waals surface area (Å²) in [7, 11) is -3.53. The van der Waals surface area contributed by atoms with Crippen LogP contribution in [0, 0.1) is 0 Å². The highest BCUT2D eigenvalue weighted by Gasteiger charge is 2.29. The van der Waals surface area contributed by atoms with Crippen LogP contribution in [0.1, 0.15) is 13.8 Å². The molecule has 0 unspecified atom stereocenters. The second-order valence-electron chi connectivity index (χ2n) is 7.14. The van der Waals surface area contributed by atoms with E-state index in [2.05, 4.69) is 0 Å². The van der Waals surface area contributed by atoms with Crippen LogP contribution in [-0.2, 0) is 14.8 Å². The van der Waals surface area contributed by atoms with Crippen molar-refractivity contribution < 1.29 is 13.2 Å². The molecule has 3 rings (SSSR count). The lowest BCUT2D eigenvalue weighted by Gasteiger charge is -2.34. The zero-order valence-corrected chi connectivity index (χ0v) is 17.9. The van der Waals surface area contributed by atoms with Crippen molar-refractivity contribution in [3.8, 4) is 11.1 Å². The number of hydrogen-bond donors (Lipinski definition) is 0. The Morgan fingerprint density at radius 3 is 1.97 bits per heavy atom. The van der Waals surface area contributed by atoms with E-state index in [9.17, 15) is 13.2 Å². The Labute approximate surface area is 173 Å². The van der Waals surface area contributed by atoms with E-state index in [4.69, 9.17) is 0 Å². The summed E-state index contributed by atoms with van der Waals surface area (Å²) >= 11 is 0. The van der Waals surface area contributed by atoms with Crippen LogP contribution in [0.15, 0.2) is 59.5 Å². The van der Waals surface area contributed by atoms with Gasteiger partial charge in [-0.15, -0.1) is 0 Å². The first-order valence-corrected chi connectivity index (χ1v) is 11.6. The van der Waals surface area contributed by atoms with Crippen LogP contribution in [0.3, 0.4) is 0 Å². The zero-order valence-electron chi connectivity index (χ0n) is 17.1. The van der Waals surface area contributed by atoms with Gasteiger partial charge in [-0.3, -0.25) is 9.69 Å². The van der Waals surface area contributed by atoms with Crippen LogP contribution in [0.4, 0.5) is 0 Å². The van der Waals surface area contributed by atoms with Gasteiger partial charge in [0.2, 0.25) is 15.9 Å². The van der Waals surface area contributed by atoms with Crippen LogP contribution in [0.2, 0.25) is 0 Å². The predicted octanol–water partition coefficient (Wildman–Crippen LogP) is 2.53. The number of benzene rings is 2. The van der Waals surface area contributed by atoms with E-state index in [-0.39, 0.29) is 5.91 Å². The number of sulfonamides is 1. The number of carbonyl (C=O) groups is 1. The minimum Gasteiger partial charge on any atom is -0.342 e. The molecule has 156 valence electrons. The third-order valence-electron chi connectivity index (χ3n) is 5.41. The highest BCUT2D eigenvalue weighted by atomic mass is 32.2. The molecule has 1 saturated heterocycles. The monoisotopic (exact) mass is 415 g/mol. The average Bonchev–Trinajstić information content (AvgIpc) is 2.76. The number of likely N-dealkylation sites (N-methyl/N-ethyl adjacent to an activating group) is 1. The van der Waals surface area contributed by atoms with Gasteiger partial charge in [-0.25, -0.2) is 8.42 Å². The Kier molecular flexibility index (Phi) is 7.05. The van der Waals surface area contributed by atoms with Crippen molar-refractivity contribution in [2.45, 2.75) is 18.7 Å². The van der Waals surface area contributed by atoms with E-state index in [0.717, 1.165) is 11.1 Å². The van der Waals surface area contributed by atoms with Gasteiger partial charge >= 0.3 is 0 Å². The fourth-order valence-corrected chi connectivity index (χ4v) is 5.02. The molecule has 0 N–H and O–H groups in total. The van der Waals surface area contributed by atoms with Crippen molar-refractivity contribution in [1.82, 2.24) is 14.1 Å². The molecule has 1 heterocycles. The van der Waals surface area contributed by atoms with Crippen LogP contribution in [0.25, 0.3) is 11.1 Å². The molecular formula is C22H29N3O3S. The number of nitrogens with zero attached hydrogens (tertiary/aromatic N) is 3. The highest BCUT2D eigenvalue weighted by Crippen LogP contribution is 2.23. The maximum Gasteiger partial charge on any atom is 0.243 e. The van der Waals surface area contributed by atoms with Gasteiger partial charge in [0, 0.05) is 39.3 Å². The van der Waals surface area contributed by atoms with Gasteiger partial charge in [0.15, 0.2) is 0 Å². The van der Waals surface area contributed by atoms with Gasteiger partial charge < -0.3 is 4.90 Å². The Balaban J connectivity index is 1.62. The van der Waals surface area contributed by atoms with Crippen LogP contribution >= 0.6 is 0 Å². The molecule has 2 aromatic rings. The molecule has 1 aliphatic heterocycles. The third kappa shape index (κ3) is 5.04. The van der Waals surface area contributed by atoms with E-state index < -0.39 is 10.0 Å². The quantitative estimate of drug-likeness (QED) is 0.697. The van der Waals surface area contributed by atoms with Gasteiger partial charge in [-0.1, -0.05) is 42.5 Å². The number of rotatable bonds is 7. The molecule has 0 radical (unpaired) electrons. The first-order chi connectivity index (χ1) is 14.0. The van der Waals surface area contributed by atoms with E-state index in [1.807, 2.05) is 61.2 Å². The third-order valence-corrected chi connectivity index (χ3v) is 7.32. The summed E-state index contributed by atoms with van der Waals surface area (Å²) in [6, 6.07) is 16.9. The van der Waals surface area contributed by atoms with Crippen molar-refractivity contribution in [3.05, 3.63) is 54.6 Å². The normalized spacial score (nSPS) is 15.9. The summed E-state index contributed by atoms with van der Waals surface area (Å²) in [6.07, 6.45) is 0.